The number of H-pyrrole nitrogens is 1. The number of hydrogen-bond acceptors (Lipinski definition) is 4. The molecule has 1 aliphatic heterocycles. The van der Waals surface area contributed by atoms with Crippen molar-refractivity contribution in [3.63, 3.8) is 0 Å². The SMILES string of the molecule is CC(=N)N=C(/C(=C/C(=O)c1cccc(C)c1Cl)CC1CCCCN1)c1ccn[nH]1. The molecule has 0 amide bonds. The fourth-order valence-corrected chi connectivity index (χ4v) is 3.74. The molecule has 0 radical (unpaired) electrons. The summed E-state index contributed by atoms with van der Waals surface area (Å²) in [4.78, 5) is 17.5. The summed E-state index contributed by atoms with van der Waals surface area (Å²) in [7, 11) is 0. The minimum Gasteiger partial charge on any atom is -0.314 e. The lowest BCUT2D eigenvalue weighted by Gasteiger charge is -2.25. The van der Waals surface area contributed by atoms with Crippen molar-refractivity contribution in [2.24, 2.45) is 4.99 Å². The zero-order valence-electron chi connectivity index (χ0n) is 16.8. The molecule has 1 unspecified atom stereocenters. The number of aryl methyl sites for hydroxylation is 1. The van der Waals surface area contributed by atoms with Gasteiger partial charge in [-0.2, -0.15) is 5.10 Å². The van der Waals surface area contributed by atoms with Gasteiger partial charge in [-0.3, -0.25) is 15.3 Å². The van der Waals surface area contributed by atoms with E-state index in [2.05, 4.69) is 20.5 Å². The monoisotopic (exact) mass is 411 g/mol. The lowest BCUT2D eigenvalue weighted by atomic mass is 9.92. The second-order valence-electron chi connectivity index (χ2n) is 7.34. The van der Waals surface area contributed by atoms with Gasteiger partial charge in [-0.05, 0) is 69.0 Å². The molecule has 3 rings (SSSR count). The van der Waals surface area contributed by atoms with Crippen LogP contribution in [0.5, 0.6) is 0 Å². The third kappa shape index (κ3) is 5.49. The number of aromatic nitrogens is 2. The summed E-state index contributed by atoms with van der Waals surface area (Å²) >= 11 is 6.38. The number of halogens is 1. The molecular weight excluding hydrogens is 386 g/mol. The summed E-state index contributed by atoms with van der Waals surface area (Å²) in [6.07, 6.45) is 7.24. The highest BCUT2D eigenvalue weighted by molar-refractivity contribution is 6.35. The van der Waals surface area contributed by atoms with E-state index in [0.717, 1.165) is 36.9 Å². The minimum absolute atomic E-state index is 0.165. The van der Waals surface area contributed by atoms with Crippen LogP contribution in [0.3, 0.4) is 0 Å². The first-order valence-electron chi connectivity index (χ1n) is 9.83. The van der Waals surface area contributed by atoms with Gasteiger partial charge in [-0.25, -0.2) is 4.99 Å². The predicted octanol–water partition coefficient (Wildman–Crippen LogP) is 4.50. The molecule has 2 heterocycles. The number of carbonyl (C=O) groups excluding carboxylic acids is 1. The zero-order valence-corrected chi connectivity index (χ0v) is 17.5. The van der Waals surface area contributed by atoms with E-state index in [1.807, 2.05) is 19.1 Å². The zero-order chi connectivity index (χ0) is 20.8. The van der Waals surface area contributed by atoms with Crippen LogP contribution in [0.15, 0.2) is 47.1 Å². The molecule has 1 aliphatic rings. The van der Waals surface area contributed by atoms with Crippen LogP contribution in [-0.2, 0) is 0 Å². The summed E-state index contributed by atoms with van der Waals surface area (Å²) in [6, 6.07) is 7.50. The Bertz CT molecular complexity index is 940. The average Bonchev–Trinajstić information content (AvgIpc) is 3.23. The summed E-state index contributed by atoms with van der Waals surface area (Å²) in [5.41, 5.74) is 3.35. The normalized spacial score (nSPS) is 18.0. The lowest BCUT2D eigenvalue weighted by molar-refractivity contribution is 0.104. The van der Waals surface area contributed by atoms with Crippen molar-refractivity contribution >= 4 is 28.9 Å². The third-order valence-electron chi connectivity index (χ3n) is 4.98. The Morgan fingerprint density at radius 1 is 1.38 bits per heavy atom. The number of rotatable bonds is 6. The molecule has 1 aromatic carbocycles. The van der Waals surface area contributed by atoms with Gasteiger partial charge in [0, 0.05) is 17.8 Å². The Morgan fingerprint density at radius 3 is 2.86 bits per heavy atom. The molecule has 0 aliphatic carbocycles. The number of ketones is 1. The van der Waals surface area contributed by atoms with E-state index in [-0.39, 0.29) is 17.7 Å². The van der Waals surface area contributed by atoms with Crippen LogP contribution < -0.4 is 5.32 Å². The van der Waals surface area contributed by atoms with Gasteiger partial charge in [-0.15, -0.1) is 0 Å². The van der Waals surface area contributed by atoms with Gasteiger partial charge in [0.25, 0.3) is 0 Å². The standard InChI is InChI=1S/C22H26ClN5O/c1-14-6-5-8-18(21(14)23)20(29)13-16(12-17-7-3-4-10-25-17)22(27-15(2)24)19-9-11-26-28-19/h5-6,8-9,11,13,17,24-25H,3-4,7,10,12H2,1-2H3,(H,26,28)/b16-13+,24-15?,27-22?. The van der Waals surface area contributed by atoms with Crippen molar-refractivity contribution < 1.29 is 4.79 Å². The summed E-state index contributed by atoms with van der Waals surface area (Å²) in [6.45, 7) is 4.47. The van der Waals surface area contributed by atoms with Gasteiger partial charge in [0.2, 0.25) is 0 Å². The smallest absolute Gasteiger partial charge is 0.187 e. The van der Waals surface area contributed by atoms with Crippen molar-refractivity contribution in [1.82, 2.24) is 15.5 Å². The highest BCUT2D eigenvalue weighted by Crippen LogP contribution is 2.24. The van der Waals surface area contributed by atoms with E-state index in [1.54, 1.807) is 31.3 Å². The predicted molar refractivity (Wildman–Crippen MR) is 117 cm³/mol. The Labute approximate surface area is 176 Å². The second-order valence-corrected chi connectivity index (χ2v) is 7.72. The molecule has 0 saturated carbocycles. The molecule has 1 atom stereocenters. The summed E-state index contributed by atoms with van der Waals surface area (Å²) in [5, 5.41) is 18.8. The summed E-state index contributed by atoms with van der Waals surface area (Å²) < 4.78 is 0. The van der Waals surface area contributed by atoms with E-state index in [0.29, 0.717) is 28.4 Å². The number of amidine groups is 1. The van der Waals surface area contributed by atoms with Crippen molar-refractivity contribution in [2.45, 2.75) is 45.6 Å². The number of nitrogens with one attached hydrogen (secondary N) is 3. The maximum atomic E-state index is 13.1. The number of nitrogens with zero attached hydrogens (tertiary/aromatic N) is 2. The van der Waals surface area contributed by atoms with E-state index >= 15 is 0 Å². The molecule has 1 aromatic heterocycles. The molecule has 7 heteroatoms. The van der Waals surface area contributed by atoms with Crippen molar-refractivity contribution in [1.29, 1.82) is 5.41 Å². The highest BCUT2D eigenvalue weighted by Gasteiger charge is 2.21. The van der Waals surface area contributed by atoms with Crippen molar-refractivity contribution in [3.05, 3.63) is 64.0 Å². The highest BCUT2D eigenvalue weighted by atomic mass is 35.5. The Hall–Kier alpha value is -2.57. The van der Waals surface area contributed by atoms with Crippen LogP contribution in [0.2, 0.25) is 5.02 Å². The molecule has 0 bridgehead atoms. The number of piperidine rings is 1. The number of carbonyl (C=O) groups is 1. The molecule has 29 heavy (non-hydrogen) atoms. The van der Waals surface area contributed by atoms with Gasteiger partial charge in [-0.1, -0.05) is 30.2 Å². The second kappa shape index (κ2) is 9.76. The summed E-state index contributed by atoms with van der Waals surface area (Å²) in [5.74, 6) is -0.00232. The quantitative estimate of drug-likeness (QED) is 0.282. The van der Waals surface area contributed by atoms with E-state index in [4.69, 9.17) is 17.0 Å². The van der Waals surface area contributed by atoms with Gasteiger partial charge in [0.15, 0.2) is 5.78 Å². The van der Waals surface area contributed by atoms with Gasteiger partial charge in [0.05, 0.1) is 16.4 Å². The number of aliphatic imine (C=N–C) groups is 1. The number of aromatic amines is 1. The van der Waals surface area contributed by atoms with Crippen LogP contribution >= 0.6 is 11.6 Å². The Kier molecular flexibility index (Phi) is 7.12. The fraction of sp³-hybridized carbons (Fsp3) is 0.364. The first-order valence-corrected chi connectivity index (χ1v) is 10.2. The van der Waals surface area contributed by atoms with E-state index in [1.165, 1.54) is 0 Å². The molecule has 6 nitrogen and oxygen atoms in total. The minimum atomic E-state index is -0.167. The number of hydrogen-bond donors (Lipinski definition) is 3. The molecule has 0 spiro atoms. The molecule has 2 aromatic rings. The third-order valence-corrected chi connectivity index (χ3v) is 5.48. The first kappa shape index (κ1) is 21.1. The number of benzene rings is 1. The van der Waals surface area contributed by atoms with Crippen LogP contribution in [0.25, 0.3) is 0 Å². The van der Waals surface area contributed by atoms with Crippen molar-refractivity contribution in [2.75, 3.05) is 6.54 Å². The maximum absolute atomic E-state index is 13.1. The largest absolute Gasteiger partial charge is 0.314 e. The van der Waals surface area contributed by atoms with Crippen LogP contribution in [0, 0.1) is 12.3 Å². The molecule has 152 valence electrons. The van der Waals surface area contributed by atoms with Gasteiger partial charge >= 0.3 is 0 Å². The average molecular weight is 412 g/mol. The van der Waals surface area contributed by atoms with Crippen LogP contribution in [0.1, 0.15) is 54.2 Å². The maximum Gasteiger partial charge on any atom is 0.187 e. The van der Waals surface area contributed by atoms with Crippen molar-refractivity contribution in [3.8, 4) is 0 Å². The topological polar surface area (TPSA) is 94.0 Å². The van der Waals surface area contributed by atoms with Gasteiger partial charge in [0.1, 0.15) is 5.84 Å². The number of allylic oxidation sites excluding steroid dienone is 1. The lowest BCUT2D eigenvalue weighted by Crippen LogP contribution is -2.35. The van der Waals surface area contributed by atoms with Crippen LogP contribution in [0.4, 0.5) is 0 Å². The molecule has 1 fully saturated rings. The van der Waals surface area contributed by atoms with Gasteiger partial charge < -0.3 is 5.32 Å². The van der Waals surface area contributed by atoms with E-state index in [9.17, 15) is 4.79 Å². The fourth-order valence-electron chi connectivity index (χ4n) is 3.52. The molecule has 3 N–H and O–H groups in total. The molecule has 1 saturated heterocycles. The van der Waals surface area contributed by atoms with E-state index < -0.39 is 0 Å². The molecular formula is C22H26ClN5O. The Balaban J connectivity index is 2.03. The Morgan fingerprint density at radius 2 is 2.21 bits per heavy atom. The van der Waals surface area contributed by atoms with Crippen LogP contribution in [-0.4, -0.2) is 40.1 Å². The first-order chi connectivity index (χ1) is 14.0.